The second-order valence-corrected chi connectivity index (χ2v) is 7.26. The summed E-state index contributed by atoms with van der Waals surface area (Å²) in [7, 11) is 1.79. The van der Waals surface area contributed by atoms with E-state index in [1.165, 1.54) is 4.90 Å². The quantitative estimate of drug-likeness (QED) is 0.444. The van der Waals surface area contributed by atoms with Crippen molar-refractivity contribution in [1.29, 1.82) is 0 Å². The molecule has 0 saturated carbocycles. The number of amides is 1. The number of fused-ring (bicyclic) bond motifs is 1. The minimum absolute atomic E-state index is 0.0630. The van der Waals surface area contributed by atoms with Gasteiger partial charge in [-0.1, -0.05) is 35.9 Å². The first-order chi connectivity index (χ1) is 12.5. The molecule has 0 radical (unpaired) electrons. The van der Waals surface area contributed by atoms with E-state index < -0.39 is 0 Å². The summed E-state index contributed by atoms with van der Waals surface area (Å²) in [5.74, 6) is -0.0630. The van der Waals surface area contributed by atoms with Crippen molar-refractivity contribution < 1.29 is 4.79 Å². The van der Waals surface area contributed by atoms with E-state index in [1.807, 2.05) is 48.7 Å². The van der Waals surface area contributed by atoms with Crippen LogP contribution >= 0.6 is 23.4 Å². The van der Waals surface area contributed by atoms with Crippen LogP contribution in [-0.4, -0.2) is 29.1 Å². The lowest BCUT2D eigenvalue weighted by molar-refractivity contribution is -0.125. The third kappa shape index (κ3) is 4.65. The molecule has 0 aliphatic rings. The van der Waals surface area contributed by atoms with Gasteiger partial charge in [-0.2, -0.15) is 0 Å². The summed E-state index contributed by atoms with van der Waals surface area (Å²) < 4.78 is 0. The van der Waals surface area contributed by atoms with Crippen molar-refractivity contribution in [2.24, 2.45) is 0 Å². The minimum Gasteiger partial charge on any atom is -0.338 e. The molecule has 3 rings (SSSR count). The molecule has 0 unspecified atom stereocenters. The maximum Gasteiger partial charge on any atom is 0.246 e. The fourth-order valence-electron chi connectivity index (χ4n) is 2.57. The summed E-state index contributed by atoms with van der Waals surface area (Å²) in [6.07, 6.45) is 5.33. The van der Waals surface area contributed by atoms with Gasteiger partial charge in [0, 0.05) is 35.0 Å². The molecule has 0 bridgehead atoms. The second-order valence-electron chi connectivity index (χ2n) is 5.95. The number of aromatic nitrogens is 1. The number of halogens is 1. The number of nitrogens with zero attached hydrogens (tertiary/aromatic N) is 2. The molecule has 5 heteroatoms. The van der Waals surface area contributed by atoms with Crippen LogP contribution in [0.3, 0.4) is 0 Å². The molecule has 132 valence electrons. The van der Waals surface area contributed by atoms with Gasteiger partial charge in [0.1, 0.15) is 0 Å². The van der Waals surface area contributed by atoms with Crippen LogP contribution in [0.2, 0.25) is 5.02 Å². The van der Waals surface area contributed by atoms with E-state index in [0.29, 0.717) is 11.6 Å². The first kappa shape index (κ1) is 18.5. The van der Waals surface area contributed by atoms with Crippen LogP contribution < -0.4 is 0 Å². The van der Waals surface area contributed by atoms with Gasteiger partial charge >= 0.3 is 0 Å². The van der Waals surface area contributed by atoms with Crippen LogP contribution in [0.4, 0.5) is 0 Å². The fraction of sp³-hybridized carbons (Fsp3) is 0.143. The van der Waals surface area contributed by atoms with Crippen molar-refractivity contribution >= 4 is 46.2 Å². The van der Waals surface area contributed by atoms with Crippen LogP contribution in [0.5, 0.6) is 0 Å². The molecule has 0 fully saturated rings. The molecule has 0 saturated heterocycles. The lowest BCUT2D eigenvalue weighted by Gasteiger charge is -2.15. The lowest BCUT2D eigenvalue weighted by atomic mass is 10.2. The molecule has 1 amide bonds. The van der Waals surface area contributed by atoms with E-state index in [0.717, 1.165) is 22.2 Å². The summed E-state index contributed by atoms with van der Waals surface area (Å²) in [6, 6.07) is 17.7. The zero-order chi connectivity index (χ0) is 18.5. The second kappa shape index (κ2) is 8.39. The van der Waals surface area contributed by atoms with E-state index in [2.05, 4.69) is 17.1 Å². The highest BCUT2D eigenvalue weighted by Gasteiger charge is 2.06. The normalized spacial score (nSPS) is 11.2. The Labute approximate surface area is 162 Å². The summed E-state index contributed by atoms with van der Waals surface area (Å²) in [6.45, 7) is 0.568. The van der Waals surface area contributed by atoms with Gasteiger partial charge in [0.15, 0.2) is 0 Å². The first-order valence-corrected chi connectivity index (χ1v) is 9.78. The molecule has 1 aromatic heterocycles. The lowest BCUT2D eigenvalue weighted by Crippen LogP contribution is -2.24. The van der Waals surface area contributed by atoms with Crippen molar-refractivity contribution in [2.45, 2.75) is 11.4 Å². The van der Waals surface area contributed by atoms with E-state index in [9.17, 15) is 4.79 Å². The molecule has 2 aromatic carbocycles. The molecule has 26 heavy (non-hydrogen) atoms. The number of carbonyl (C=O) groups is 1. The van der Waals surface area contributed by atoms with E-state index in [1.54, 1.807) is 35.9 Å². The third-order valence-corrected chi connectivity index (χ3v) is 5.01. The monoisotopic (exact) mass is 382 g/mol. The highest BCUT2D eigenvalue weighted by Crippen LogP contribution is 2.19. The Hall–Kier alpha value is -2.30. The molecule has 0 aliphatic carbocycles. The molecule has 0 aliphatic heterocycles. The zero-order valence-electron chi connectivity index (χ0n) is 14.6. The molecular weight excluding hydrogens is 364 g/mol. The van der Waals surface area contributed by atoms with Crippen molar-refractivity contribution in [3.8, 4) is 0 Å². The maximum absolute atomic E-state index is 12.3. The number of hydrogen-bond acceptors (Lipinski definition) is 3. The first-order valence-electron chi connectivity index (χ1n) is 8.17. The van der Waals surface area contributed by atoms with Gasteiger partial charge in [0.25, 0.3) is 0 Å². The molecule has 0 N–H and O–H groups in total. The molecule has 3 aromatic rings. The summed E-state index contributed by atoms with van der Waals surface area (Å²) in [4.78, 5) is 19.8. The number of carbonyl (C=O) groups excluding carboxylic acids is 1. The Bertz CT molecular complexity index is 954. The van der Waals surface area contributed by atoms with E-state index in [-0.39, 0.29) is 5.91 Å². The number of hydrogen-bond donors (Lipinski definition) is 0. The predicted molar refractivity (Wildman–Crippen MR) is 110 cm³/mol. The largest absolute Gasteiger partial charge is 0.338 e. The van der Waals surface area contributed by atoms with Crippen LogP contribution in [0.1, 0.15) is 11.3 Å². The zero-order valence-corrected chi connectivity index (χ0v) is 16.2. The van der Waals surface area contributed by atoms with Crippen molar-refractivity contribution in [2.75, 3.05) is 13.3 Å². The number of pyridine rings is 1. The number of benzene rings is 2. The highest BCUT2D eigenvalue weighted by molar-refractivity contribution is 7.98. The van der Waals surface area contributed by atoms with Crippen LogP contribution in [0.25, 0.3) is 17.0 Å². The molecule has 1 heterocycles. The number of rotatable bonds is 5. The van der Waals surface area contributed by atoms with Crippen molar-refractivity contribution in [3.05, 3.63) is 77.0 Å². The Morgan fingerprint density at radius 2 is 1.88 bits per heavy atom. The molecule has 0 atom stereocenters. The van der Waals surface area contributed by atoms with E-state index >= 15 is 0 Å². The molecular formula is C21H19ClN2OS. The molecule has 0 spiro atoms. The Morgan fingerprint density at radius 1 is 1.15 bits per heavy atom. The van der Waals surface area contributed by atoms with Gasteiger partial charge in [-0.25, -0.2) is 4.98 Å². The van der Waals surface area contributed by atoms with Gasteiger partial charge in [-0.3, -0.25) is 4.79 Å². The van der Waals surface area contributed by atoms with Gasteiger partial charge in [-0.05, 0) is 48.2 Å². The minimum atomic E-state index is -0.0630. The summed E-state index contributed by atoms with van der Waals surface area (Å²) in [5, 5.41) is 1.66. The van der Waals surface area contributed by atoms with Crippen LogP contribution in [0.15, 0.2) is 65.6 Å². The Kier molecular flexibility index (Phi) is 5.96. The van der Waals surface area contributed by atoms with Gasteiger partial charge < -0.3 is 4.90 Å². The van der Waals surface area contributed by atoms with Gasteiger partial charge in [0.05, 0.1) is 11.2 Å². The topological polar surface area (TPSA) is 33.2 Å². The smallest absolute Gasteiger partial charge is 0.246 e. The van der Waals surface area contributed by atoms with Crippen molar-refractivity contribution in [1.82, 2.24) is 9.88 Å². The van der Waals surface area contributed by atoms with E-state index in [4.69, 9.17) is 11.6 Å². The summed E-state index contributed by atoms with van der Waals surface area (Å²) >= 11 is 7.72. The number of thioether (sulfide) groups is 1. The van der Waals surface area contributed by atoms with Gasteiger partial charge in [0.2, 0.25) is 5.91 Å². The Balaban J connectivity index is 1.67. The fourth-order valence-corrected chi connectivity index (χ4v) is 3.14. The van der Waals surface area contributed by atoms with Crippen molar-refractivity contribution in [3.63, 3.8) is 0 Å². The standard InChI is InChI=1S/C21H19ClN2OS/c1-24(14-15-3-10-19(26-2)11-4-15)21(25)12-9-18-8-6-16-5-7-17(22)13-20(16)23-18/h3-13H,14H2,1-2H3/b12-9+. The molecule has 3 nitrogen and oxygen atoms in total. The SMILES string of the molecule is CSc1ccc(CN(C)C(=O)/C=C/c2ccc3ccc(Cl)cc3n2)cc1. The highest BCUT2D eigenvalue weighted by atomic mass is 35.5. The average molecular weight is 383 g/mol. The maximum atomic E-state index is 12.3. The number of likely N-dealkylation sites (N-methyl/N-ethyl adjacent to an activating group) is 1. The summed E-state index contributed by atoms with van der Waals surface area (Å²) in [5.41, 5.74) is 2.64. The van der Waals surface area contributed by atoms with Gasteiger partial charge in [-0.15, -0.1) is 11.8 Å². The third-order valence-electron chi connectivity index (χ3n) is 4.03. The predicted octanol–water partition coefficient (Wildman–Crippen LogP) is 5.28. The average Bonchev–Trinajstić information content (AvgIpc) is 2.66. The van der Waals surface area contributed by atoms with Crippen LogP contribution in [-0.2, 0) is 11.3 Å². The van der Waals surface area contributed by atoms with Crippen LogP contribution in [0, 0.1) is 0 Å². The Morgan fingerprint density at radius 3 is 2.62 bits per heavy atom.